The molecule has 104 valence electrons. The fourth-order valence-corrected chi connectivity index (χ4v) is 2.75. The molecule has 5 nitrogen and oxygen atoms in total. The minimum absolute atomic E-state index is 0.0488. The second-order valence-corrected chi connectivity index (χ2v) is 5.25. The largest absolute Gasteiger partial charge is 0.396 e. The molecule has 0 fully saturated rings. The number of nitrogens with two attached hydrogens (primary N) is 1. The van der Waals surface area contributed by atoms with E-state index in [0.29, 0.717) is 5.69 Å². The molecule has 1 atom stereocenters. The molecule has 3 rings (SSSR count). The maximum absolute atomic E-state index is 12.6. The molecule has 1 unspecified atom stereocenters. The lowest BCUT2D eigenvalue weighted by Gasteiger charge is -2.35. The van der Waals surface area contributed by atoms with Crippen molar-refractivity contribution in [1.29, 1.82) is 0 Å². The van der Waals surface area contributed by atoms with Crippen molar-refractivity contribution in [1.82, 2.24) is 9.78 Å². The van der Waals surface area contributed by atoms with Crippen molar-refractivity contribution in [3.05, 3.63) is 42.2 Å². The first-order chi connectivity index (χ1) is 9.65. The summed E-state index contributed by atoms with van der Waals surface area (Å²) in [5.74, 6) is 0.0488. The van der Waals surface area contributed by atoms with E-state index in [-0.39, 0.29) is 18.5 Å². The molecule has 20 heavy (non-hydrogen) atoms. The number of benzene rings is 1. The Kier molecular flexibility index (Phi) is 3.18. The molecule has 1 aromatic heterocycles. The van der Waals surface area contributed by atoms with Crippen LogP contribution in [0.2, 0.25) is 0 Å². The number of carbonyl (C=O) groups excluding carboxylic acids is 1. The number of fused-ring (bicyclic) bond motifs is 1. The van der Waals surface area contributed by atoms with Crippen molar-refractivity contribution in [3.8, 4) is 0 Å². The monoisotopic (exact) mass is 270 g/mol. The molecule has 1 aliphatic rings. The van der Waals surface area contributed by atoms with Crippen LogP contribution in [0.5, 0.6) is 0 Å². The van der Waals surface area contributed by atoms with Crippen molar-refractivity contribution in [2.75, 3.05) is 10.6 Å². The maximum Gasteiger partial charge on any atom is 0.248 e. The number of hydrogen-bond acceptors (Lipinski definition) is 3. The number of hydrogen-bond donors (Lipinski definition) is 1. The lowest BCUT2D eigenvalue weighted by Crippen LogP contribution is -2.43. The van der Waals surface area contributed by atoms with Gasteiger partial charge in [0.2, 0.25) is 5.91 Å². The number of aromatic nitrogens is 2. The van der Waals surface area contributed by atoms with E-state index in [1.807, 2.05) is 23.1 Å². The van der Waals surface area contributed by atoms with Crippen LogP contribution < -0.4 is 10.6 Å². The zero-order chi connectivity index (χ0) is 14.1. The summed E-state index contributed by atoms with van der Waals surface area (Å²) in [6.07, 6.45) is 5.25. The number of rotatable bonds is 2. The molecule has 0 saturated heterocycles. The Bertz CT molecular complexity index is 634. The van der Waals surface area contributed by atoms with E-state index >= 15 is 0 Å². The third-order valence-corrected chi connectivity index (χ3v) is 3.74. The Labute approximate surface area is 118 Å². The summed E-state index contributed by atoms with van der Waals surface area (Å²) in [5, 5.41) is 4.08. The number of anilines is 2. The summed E-state index contributed by atoms with van der Waals surface area (Å²) in [7, 11) is 0. The average Bonchev–Trinajstić information content (AvgIpc) is 2.83. The van der Waals surface area contributed by atoms with Gasteiger partial charge in [-0.3, -0.25) is 9.48 Å². The molecule has 1 aromatic carbocycles. The maximum atomic E-state index is 12.6. The summed E-state index contributed by atoms with van der Waals surface area (Å²) >= 11 is 0. The third kappa shape index (κ3) is 2.27. The summed E-state index contributed by atoms with van der Waals surface area (Å²) in [4.78, 5) is 14.5. The molecule has 0 aliphatic carbocycles. The number of nitrogens with zero attached hydrogens (tertiary/aromatic N) is 3. The van der Waals surface area contributed by atoms with Gasteiger partial charge in [0.25, 0.3) is 0 Å². The van der Waals surface area contributed by atoms with Crippen LogP contribution in [-0.2, 0) is 17.8 Å². The predicted molar refractivity (Wildman–Crippen MR) is 78.4 cm³/mol. The number of carbonyl (C=O) groups is 1. The molecule has 1 amide bonds. The molecule has 0 radical (unpaired) electrons. The van der Waals surface area contributed by atoms with Crippen molar-refractivity contribution >= 4 is 17.3 Å². The minimum atomic E-state index is 0.0488. The van der Waals surface area contributed by atoms with Crippen LogP contribution in [0, 0.1) is 0 Å². The lowest BCUT2D eigenvalue weighted by molar-refractivity contribution is -0.119. The topological polar surface area (TPSA) is 64.2 Å². The highest BCUT2D eigenvalue weighted by Crippen LogP contribution is 2.30. The highest BCUT2D eigenvalue weighted by molar-refractivity contribution is 5.95. The number of aryl methyl sites for hydroxylation is 1. The summed E-state index contributed by atoms with van der Waals surface area (Å²) < 4.78 is 1.58. The molecule has 1 aliphatic heterocycles. The molecular weight excluding hydrogens is 252 g/mol. The van der Waals surface area contributed by atoms with E-state index in [1.54, 1.807) is 17.1 Å². The third-order valence-electron chi connectivity index (χ3n) is 3.74. The quantitative estimate of drug-likeness (QED) is 0.905. The Hall–Kier alpha value is -2.30. The Morgan fingerprint density at radius 1 is 1.45 bits per heavy atom. The smallest absolute Gasteiger partial charge is 0.248 e. The summed E-state index contributed by atoms with van der Waals surface area (Å²) in [6, 6.07) is 8.31. The Morgan fingerprint density at radius 2 is 2.25 bits per heavy atom. The van der Waals surface area contributed by atoms with Gasteiger partial charge in [0.1, 0.15) is 6.54 Å². The summed E-state index contributed by atoms with van der Waals surface area (Å²) in [6.45, 7) is 2.31. The van der Waals surface area contributed by atoms with Gasteiger partial charge in [-0.2, -0.15) is 5.10 Å². The fourth-order valence-electron chi connectivity index (χ4n) is 2.75. The molecule has 0 spiro atoms. The van der Waals surface area contributed by atoms with Gasteiger partial charge in [-0.25, -0.2) is 0 Å². The molecule has 0 saturated carbocycles. The standard InChI is InChI=1S/C15H18N4O/c1-11-6-7-12-4-2-3-5-14(12)19(11)15(20)10-18-9-13(16)8-17-18/h2-5,8-9,11H,6-7,10,16H2,1H3. The highest BCUT2D eigenvalue weighted by Gasteiger charge is 2.27. The van der Waals surface area contributed by atoms with E-state index in [9.17, 15) is 4.79 Å². The average molecular weight is 270 g/mol. The molecular formula is C15H18N4O. The van der Waals surface area contributed by atoms with Crippen LogP contribution in [0.4, 0.5) is 11.4 Å². The van der Waals surface area contributed by atoms with Gasteiger partial charge in [0.05, 0.1) is 11.9 Å². The Morgan fingerprint density at radius 3 is 3.00 bits per heavy atom. The van der Waals surface area contributed by atoms with Crippen molar-refractivity contribution < 1.29 is 4.79 Å². The predicted octanol–water partition coefficient (Wildman–Crippen LogP) is 1.83. The van der Waals surface area contributed by atoms with Crippen LogP contribution in [-0.4, -0.2) is 21.7 Å². The van der Waals surface area contributed by atoms with E-state index in [0.717, 1.165) is 18.5 Å². The molecule has 2 aromatic rings. The first-order valence-electron chi connectivity index (χ1n) is 6.83. The Balaban J connectivity index is 1.87. The van der Waals surface area contributed by atoms with Gasteiger partial charge in [-0.15, -0.1) is 0 Å². The first-order valence-corrected chi connectivity index (χ1v) is 6.83. The van der Waals surface area contributed by atoms with Crippen LogP contribution in [0.15, 0.2) is 36.7 Å². The molecule has 2 heterocycles. The highest BCUT2D eigenvalue weighted by atomic mass is 16.2. The molecule has 0 bridgehead atoms. The first kappa shape index (κ1) is 12.7. The van der Waals surface area contributed by atoms with Crippen LogP contribution in [0.25, 0.3) is 0 Å². The van der Waals surface area contributed by atoms with Crippen LogP contribution in [0.3, 0.4) is 0 Å². The van der Waals surface area contributed by atoms with Gasteiger partial charge < -0.3 is 10.6 Å². The van der Waals surface area contributed by atoms with Gasteiger partial charge in [-0.05, 0) is 31.4 Å². The second kappa shape index (κ2) is 5.00. The molecule has 2 N–H and O–H groups in total. The van der Waals surface area contributed by atoms with E-state index in [4.69, 9.17) is 5.73 Å². The second-order valence-electron chi connectivity index (χ2n) is 5.25. The van der Waals surface area contributed by atoms with Gasteiger partial charge in [0, 0.05) is 17.9 Å². The molecule has 5 heteroatoms. The van der Waals surface area contributed by atoms with Crippen molar-refractivity contribution in [3.63, 3.8) is 0 Å². The van der Waals surface area contributed by atoms with Crippen molar-refractivity contribution in [2.24, 2.45) is 0 Å². The van der Waals surface area contributed by atoms with Gasteiger partial charge in [-0.1, -0.05) is 18.2 Å². The minimum Gasteiger partial charge on any atom is -0.396 e. The number of nitrogen functional groups attached to an aromatic ring is 1. The SMILES string of the molecule is CC1CCc2ccccc2N1C(=O)Cn1cc(N)cn1. The van der Waals surface area contributed by atoms with E-state index < -0.39 is 0 Å². The summed E-state index contributed by atoms with van der Waals surface area (Å²) in [5.41, 5.74) is 8.46. The van der Waals surface area contributed by atoms with Gasteiger partial charge >= 0.3 is 0 Å². The zero-order valence-corrected chi connectivity index (χ0v) is 11.5. The zero-order valence-electron chi connectivity index (χ0n) is 11.5. The number of para-hydroxylation sites is 1. The van der Waals surface area contributed by atoms with Crippen molar-refractivity contribution in [2.45, 2.75) is 32.4 Å². The number of amides is 1. The van der Waals surface area contributed by atoms with E-state index in [1.165, 1.54) is 5.56 Å². The van der Waals surface area contributed by atoms with Crippen LogP contribution in [0.1, 0.15) is 18.9 Å². The van der Waals surface area contributed by atoms with Gasteiger partial charge in [0.15, 0.2) is 0 Å². The lowest BCUT2D eigenvalue weighted by atomic mass is 9.96. The van der Waals surface area contributed by atoms with E-state index in [2.05, 4.69) is 18.1 Å². The normalized spacial score (nSPS) is 17.9. The fraction of sp³-hybridized carbons (Fsp3) is 0.333. The van der Waals surface area contributed by atoms with Crippen LogP contribution >= 0.6 is 0 Å².